The molecule has 1 aliphatic rings. The molecule has 10 nitrogen and oxygen atoms in total. The highest BCUT2D eigenvalue weighted by molar-refractivity contribution is 7.16. The van der Waals surface area contributed by atoms with Crippen LogP contribution in [-0.2, 0) is 19.1 Å². The average molecular weight is 497 g/mol. The van der Waals surface area contributed by atoms with Crippen molar-refractivity contribution in [2.45, 2.75) is 39.5 Å². The topological polar surface area (TPSA) is 128 Å². The lowest BCUT2D eigenvalue weighted by Crippen LogP contribution is -2.37. The third-order valence-electron chi connectivity index (χ3n) is 5.63. The van der Waals surface area contributed by atoms with Crippen molar-refractivity contribution in [3.8, 4) is 5.69 Å². The van der Waals surface area contributed by atoms with E-state index in [1.54, 1.807) is 24.4 Å². The lowest BCUT2D eigenvalue weighted by Gasteiger charge is -2.13. The van der Waals surface area contributed by atoms with Crippen molar-refractivity contribution in [2.24, 2.45) is 0 Å². The first-order chi connectivity index (χ1) is 16.7. The summed E-state index contributed by atoms with van der Waals surface area (Å²) >= 11 is 1.04. The van der Waals surface area contributed by atoms with Crippen molar-refractivity contribution in [3.63, 3.8) is 0 Å². The third kappa shape index (κ3) is 4.72. The van der Waals surface area contributed by atoms with E-state index < -0.39 is 35.8 Å². The summed E-state index contributed by atoms with van der Waals surface area (Å²) in [6.45, 7) is 5.44. The number of likely N-dealkylation sites (tertiary alicyclic amines) is 1. The van der Waals surface area contributed by atoms with Crippen LogP contribution in [0, 0.1) is 0 Å². The number of hydrogen-bond acceptors (Lipinski definition) is 8. The van der Waals surface area contributed by atoms with E-state index in [-0.39, 0.29) is 40.9 Å². The van der Waals surface area contributed by atoms with Gasteiger partial charge in [0.05, 0.1) is 17.7 Å². The molecule has 0 spiro atoms. The largest absolute Gasteiger partial charge is 0.461 e. The molecule has 1 saturated heterocycles. The van der Waals surface area contributed by atoms with Crippen LogP contribution in [-0.4, -0.2) is 51.5 Å². The van der Waals surface area contributed by atoms with E-state index in [0.717, 1.165) is 26.5 Å². The number of esters is 1. The molecule has 1 aliphatic heterocycles. The Balaban J connectivity index is 1.77. The van der Waals surface area contributed by atoms with Gasteiger partial charge in [-0.05, 0) is 30.5 Å². The Morgan fingerprint density at radius 1 is 1.11 bits per heavy atom. The molecule has 0 unspecified atom stereocenters. The predicted molar refractivity (Wildman–Crippen MR) is 130 cm³/mol. The molecule has 3 amide bonds. The Morgan fingerprint density at radius 2 is 1.77 bits per heavy atom. The number of carbonyl (C=O) groups excluding carboxylic acids is 4. The molecule has 182 valence electrons. The third-order valence-corrected chi connectivity index (χ3v) is 6.53. The summed E-state index contributed by atoms with van der Waals surface area (Å²) in [7, 11) is 0. The summed E-state index contributed by atoms with van der Waals surface area (Å²) in [5.41, 5.74) is 0.929. The highest BCUT2D eigenvalue weighted by Gasteiger charge is 2.31. The summed E-state index contributed by atoms with van der Waals surface area (Å²) in [4.78, 5) is 63.4. The Kier molecular flexibility index (Phi) is 6.79. The second kappa shape index (κ2) is 9.79. The van der Waals surface area contributed by atoms with Gasteiger partial charge in [0.25, 0.3) is 5.56 Å². The van der Waals surface area contributed by atoms with Crippen LogP contribution in [0.25, 0.3) is 16.5 Å². The first kappa shape index (κ1) is 24.3. The van der Waals surface area contributed by atoms with Gasteiger partial charge in [0.2, 0.25) is 17.7 Å². The molecule has 1 fully saturated rings. The second-order valence-electron chi connectivity index (χ2n) is 8.31. The number of anilines is 1. The van der Waals surface area contributed by atoms with Gasteiger partial charge in [0, 0.05) is 23.6 Å². The summed E-state index contributed by atoms with van der Waals surface area (Å²) < 4.78 is 6.24. The number of hydrogen-bond donors (Lipinski definition) is 1. The van der Waals surface area contributed by atoms with Crippen molar-refractivity contribution in [1.29, 1.82) is 0 Å². The molecule has 0 aliphatic carbocycles. The molecular formula is C24H24N4O6S. The molecular weight excluding hydrogens is 472 g/mol. The van der Waals surface area contributed by atoms with E-state index in [9.17, 15) is 24.0 Å². The van der Waals surface area contributed by atoms with E-state index in [1.165, 1.54) is 0 Å². The minimum atomic E-state index is -0.700. The van der Waals surface area contributed by atoms with E-state index in [4.69, 9.17) is 4.74 Å². The summed E-state index contributed by atoms with van der Waals surface area (Å²) in [5, 5.41) is 8.97. The number of imide groups is 1. The standard InChI is InChI=1S/C24H24N4O6S/c1-4-34-24(33)21-16-12-35-22(25-17(29)11-27-18(30)9-10-19(27)31)20(16)23(32)28(26-21)15-7-5-14(6-8-15)13(2)3/h5-8,12-13H,4,9-11H2,1-3H3,(H,25,29). The number of fused-ring (bicyclic) bond motifs is 1. The van der Waals surface area contributed by atoms with E-state index in [1.807, 2.05) is 26.0 Å². The van der Waals surface area contributed by atoms with Crippen molar-refractivity contribution in [1.82, 2.24) is 14.7 Å². The summed E-state index contributed by atoms with van der Waals surface area (Å²) in [5.74, 6) is -1.86. The summed E-state index contributed by atoms with van der Waals surface area (Å²) in [6, 6.07) is 7.23. The molecule has 3 heterocycles. The lowest BCUT2D eigenvalue weighted by molar-refractivity contribution is -0.141. The lowest BCUT2D eigenvalue weighted by atomic mass is 10.0. The molecule has 3 aromatic rings. The van der Waals surface area contributed by atoms with Crippen LogP contribution in [0.1, 0.15) is 55.6 Å². The van der Waals surface area contributed by atoms with Crippen molar-refractivity contribution in [2.75, 3.05) is 18.5 Å². The van der Waals surface area contributed by atoms with E-state index >= 15 is 0 Å². The van der Waals surface area contributed by atoms with Gasteiger partial charge in [-0.25, -0.2) is 4.79 Å². The number of thiophene rings is 1. The Morgan fingerprint density at radius 3 is 2.37 bits per heavy atom. The minimum absolute atomic E-state index is 0.0592. The van der Waals surface area contributed by atoms with Gasteiger partial charge in [-0.2, -0.15) is 9.78 Å². The zero-order chi connectivity index (χ0) is 25.3. The second-order valence-corrected chi connectivity index (χ2v) is 9.19. The van der Waals surface area contributed by atoms with Crippen LogP contribution < -0.4 is 10.9 Å². The molecule has 0 atom stereocenters. The Hall–Kier alpha value is -3.86. The molecule has 0 saturated carbocycles. The average Bonchev–Trinajstić information content (AvgIpc) is 3.38. The van der Waals surface area contributed by atoms with Crippen molar-refractivity contribution < 1.29 is 23.9 Å². The van der Waals surface area contributed by atoms with Gasteiger partial charge >= 0.3 is 5.97 Å². The van der Waals surface area contributed by atoms with Crippen molar-refractivity contribution in [3.05, 3.63) is 51.3 Å². The molecule has 11 heteroatoms. The number of carbonyl (C=O) groups is 4. The van der Waals surface area contributed by atoms with Crippen LogP contribution in [0.2, 0.25) is 0 Å². The summed E-state index contributed by atoms with van der Waals surface area (Å²) in [6.07, 6.45) is 0.145. The fourth-order valence-electron chi connectivity index (χ4n) is 3.78. The van der Waals surface area contributed by atoms with Gasteiger partial charge in [-0.3, -0.25) is 24.1 Å². The zero-order valence-corrected chi connectivity index (χ0v) is 20.3. The monoisotopic (exact) mass is 496 g/mol. The smallest absolute Gasteiger partial charge is 0.359 e. The molecule has 4 rings (SSSR count). The minimum Gasteiger partial charge on any atom is -0.461 e. The SMILES string of the molecule is CCOC(=O)c1nn(-c2ccc(C(C)C)cc2)c(=O)c2c(NC(=O)CN3C(=O)CCC3=O)scc12. The van der Waals surface area contributed by atoms with Gasteiger partial charge in [-0.1, -0.05) is 26.0 Å². The normalized spacial score (nSPS) is 13.7. The van der Waals surface area contributed by atoms with Crippen molar-refractivity contribution >= 4 is 50.8 Å². The van der Waals surface area contributed by atoms with Crippen LogP contribution >= 0.6 is 11.3 Å². The molecule has 1 aromatic carbocycles. The van der Waals surface area contributed by atoms with Gasteiger partial charge in [-0.15, -0.1) is 11.3 Å². The first-order valence-electron chi connectivity index (χ1n) is 11.2. The highest BCUT2D eigenvalue weighted by Crippen LogP contribution is 2.31. The van der Waals surface area contributed by atoms with Crippen LogP contribution in [0.15, 0.2) is 34.4 Å². The van der Waals surface area contributed by atoms with Crippen LogP contribution in [0.3, 0.4) is 0 Å². The van der Waals surface area contributed by atoms with Gasteiger partial charge in [0.15, 0.2) is 5.69 Å². The number of nitrogens with one attached hydrogen (secondary N) is 1. The number of rotatable bonds is 7. The number of aromatic nitrogens is 2. The maximum absolute atomic E-state index is 13.5. The molecule has 2 aromatic heterocycles. The van der Waals surface area contributed by atoms with Gasteiger partial charge in [0.1, 0.15) is 11.5 Å². The first-order valence-corrected chi connectivity index (χ1v) is 12.0. The molecule has 0 bridgehead atoms. The molecule has 0 radical (unpaired) electrons. The Bertz CT molecular complexity index is 1370. The number of benzene rings is 1. The quantitative estimate of drug-likeness (QED) is 0.393. The van der Waals surface area contributed by atoms with Gasteiger partial charge < -0.3 is 10.1 Å². The number of ether oxygens (including phenoxy) is 1. The number of nitrogens with zero attached hydrogens (tertiary/aromatic N) is 3. The molecule has 35 heavy (non-hydrogen) atoms. The Labute approximate surface area is 204 Å². The fourth-order valence-corrected chi connectivity index (χ4v) is 4.73. The number of amides is 3. The van der Waals surface area contributed by atoms with E-state index in [2.05, 4.69) is 10.4 Å². The highest BCUT2D eigenvalue weighted by atomic mass is 32.1. The van der Waals surface area contributed by atoms with Crippen LogP contribution in [0.4, 0.5) is 5.00 Å². The predicted octanol–water partition coefficient (Wildman–Crippen LogP) is 2.83. The maximum atomic E-state index is 13.5. The van der Waals surface area contributed by atoms with Crippen LogP contribution in [0.5, 0.6) is 0 Å². The zero-order valence-electron chi connectivity index (χ0n) is 19.5. The maximum Gasteiger partial charge on any atom is 0.359 e. The fraction of sp³-hybridized carbons (Fsp3) is 0.333. The van der Waals surface area contributed by atoms with E-state index in [0.29, 0.717) is 11.6 Å². The molecule has 1 N–H and O–H groups in total.